The van der Waals surface area contributed by atoms with Crippen LogP contribution in [0, 0.1) is 5.92 Å². The van der Waals surface area contributed by atoms with Crippen LogP contribution in [0.25, 0.3) is 0 Å². The second-order valence-corrected chi connectivity index (χ2v) is 8.02. The van der Waals surface area contributed by atoms with Crippen LogP contribution in [0.4, 0.5) is 0 Å². The lowest BCUT2D eigenvalue weighted by Crippen LogP contribution is -2.40. The van der Waals surface area contributed by atoms with Crippen molar-refractivity contribution in [3.63, 3.8) is 0 Å². The molecule has 1 aromatic carbocycles. The highest BCUT2D eigenvalue weighted by Crippen LogP contribution is 2.24. The molecule has 1 aliphatic heterocycles. The third-order valence-electron chi connectivity index (χ3n) is 5.10. The van der Waals surface area contributed by atoms with Crippen LogP contribution >= 0.6 is 0 Å². The van der Waals surface area contributed by atoms with Crippen molar-refractivity contribution >= 4 is 5.91 Å². The fraction of sp³-hybridized carbons (Fsp3) is 0.682. The van der Waals surface area contributed by atoms with E-state index in [1.54, 1.807) is 0 Å². The number of carbonyl (C=O) groups excluding carboxylic acids is 1. The Hall–Kier alpha value is -1.39. The third kappa shape index (κ3) is 6.10. The van der Waals surface area contributed by atoms with Crippen molar-refractivity contribution in [3.05, 3.63) is 35.4 Å². The molecule has 0 radical (unpaired) electrons. The van der Waals surface area contributed by atoms with Crippen LogP contribution in [0.2, 0.25) is 0 Å². The van der Waals surface area contributed by atoms with Crippen molar-refractivity contribution in [2.75, 3.05) is 13.2 Å². The summed E-state index contributed by atoms with van der Waals surface area (Å²) in [5.41, 5.74) is 2.45. The molecule has 1 aromatic rings. The molecule has 0 saturated carbocycles. The highest BCUT2D eigenvalue weighted by atomic mass is 16.5. The van der Waals surface area contributed by atoms with E-state index in [9.17, 15) is 4.79 Å². The van der Waals surface area contributed by atoms with Gasteiger partial charge in [-0.15, -0.1) is 0 Å². The standard InChI is InChI=1S/C22H35NO3/c1-15(2)18-9-11-19(12-10-18)21(16(3)4)23-22(24)17(5)26-14-20-8-6-7-13-25-20/h9-12,15-17,20-21H,6-8,13-14H2,1-5H3,(H,23,24). The number of ether oxygens (including phenoxy) is 2. The molecule has 0 bridgehead atoms. The van der Waals surface area contributed by atoms with Gasteiger partial charge in [0.25, 0.3) is 0 Å². The SMILES string of the molecule is CC(OCC1CCCCO1)C(=O)NC(c1ccc(C(C)C)cc1)C(C)C. The molecule has 4 heteroatoms. The lowest BCUT2D eigenvalue weighted by atomic mass is 9.93. The predicted molar refractivity (Wildman–Crippen MR) is 105 cm³/mol. The first kappa shape index (κ1) is 20.9. The van der Waals surface area contributed by atoms with Gasteiger partial charge in [-0.3, -0.25) is 4.79 Å². The summed E-state index contributed by atoms with van der Waals surface area (Å²) in [7, 11) is 0. The minimum Gasteiger partial charge on any atom is -0.376 e. The van der Waals surface area contributed by atoms with Gasteiger partial charge in [0.15, 0.2) is 0 Å². The van der Waals surface area contributed by atoms with E-state index in [0.29, 0.717) is 18.4 Å². The summed E-state index contributed by atoms with van der Waals surface area (Å²) in [5.74, 6) is 0.747. The summed E-state index contributed by atoms with van der Waals surface area (Å²) in [6.45, 7) is 11.7. The lowest BCUT2D eigenvalue weighted by Gasteiger charge is -2.27. The lowest BCUT2D eigenvalue weighted by molar-refractivity contribution is -0.136. The molecule has 4 nitrogen and oxygen atoms in total. The van der Waals surface area contributed by atoms with Gasteiger partial charge in [0, 0.05) is 6.61 Å². The van der Waals surface area contributed by atoms with E-state index in [0.717, 1.165) is 25.0 Å². The Labute approximate surface area is 158 Å². The Balaban J connectivity index is 1.91. The van der Waals surface area contributed by atoms with E-state index in [2.05, 4.69) is 57.3 Å². The van der Waals surface area contributed by atoms with E-state index < -0.39 is 6.10 Å². The van der Waals surface area contributed by atoms with Gasteiger partial charge in [-0.05, 0) is 49.1 Å². The Morgan fingerprint density at radius 1 is 1.12 bits per heavy atom. The van der Waals surface area contributed by atoms with E-state index in [1.807, 2.05) is 6.92 Å². The normalized spacial score (nSPS) is 20.2. The number of rotatable bonds is 8. The number of hydrogen-bond acceptors (Lipinski definition) is 3. The topological polar surface area (TPSA) is 47.6 Å². The van der Waals surface area contributed by atoms with Crippen LogP contribution in [0.1, 0.15) is 77.0 Å². The van der Waals surface area contributed by atoms with Crippen molar-refractivity contribution in [2.24, 2.45) is 5.92 Å². The van der Waals surface area contributed by atoms with Crippen molar-refractivity contribution in [2.45, 2.75) is 78.0 Å². The zero-order valence-corrected chi connectivity index (χ0v) is 17.0. The number of carbonyl (C=O) groups is 1. The summed E-state index contributed by atoms with van der Waals surface area (Å²) in [6, 6.07) is 8.55. The largest absolute Gasteiger partial charge is 0.376 e. The van der Waals surface area contributed by atoms with Gasteiger partial charge in [-0.2, -0.15) is 0 Å². The van der Waals surface area contributed by atoms with Gasteiger partial charge in [0.05, 0.1) is 18.8 Å². The number of benzene rings is 1. The number of hydrogen-bond donors (Lipinski definition) is 1. The van der Waals surface area contributed by atoms with E-state index in [-0.39, 0.29) is 18.1 Å². The smallest absolute Gasteiger partial charge is 0.249 e. The zero-order chi connectivity index (χ0) is 19.1. The number of amides is 1. The molecule has 1 fully saturated rings. The first-order chi connectivity index (χ1) is 12.4. The monoisotopic (exact) mass is 361 g/mol. The van der Waals surface area contributed by atoms with Gasteiger partial charge in [-0.25, -0.2) is 0 Å². The zero-order valence-electron chi connectivity index (χ0n) is 17.0. The molecule has 146 valence electrons. The molecule has 1 aliphatic rings. The van der Waals surface area contributed by atoms with Crippen molar-refractivity contribution in [3.8, 4) is 0 Å². The maximum absolute atomic E-state index is 12.6. The van der Waals surface area contributed by atoms with Gasteiger partial charge >= 0.3 is 0 Å². The molecule has 2 rings (SSSR count). The molecule has 3 atom stereocenters. The molecule has 0 aliphatic carbocycles. The maximum atomic E-state index is 12.6. The Morgan fingerprint density at radius 2 is 1.77 bits per heavy atom. The molecule has 26 heavy (non-hydrogen) atoms. The molecule has 0 aromatic heterocycles. The molecule has 0 spiro atoms. The molecule has 1 N–H and O–H groups in total. The molecule has 1 saturated heterocycles. The first-order valence-electron chi connectivity index (χ1n) is 10.0. The Morgan fingerprint density at radius 3 is 2.31 bits per heavy atom. The van der Waals surface area contributed by atoms with E-state index in [4.69, 9.17) is 9.47 Å². The van der Waals surface area contributed by atoms with Crippen LogP contribution < -0.4 is 5.32 Å². The molecular formula is C22H35NO3. The summed E-state index contributed by atoms with van der Waals surface area (Å²) in [5, 5.41) is 3.16. The fourth-order valence-electron chi connectivity index (χ4n) is 3.26. The van der Waals surface area contributed by atoms with Crippen molar-refractivity contribution in [1.29, 1.82) is 0 Å². The Bertz CT molecular complexity index is 547. The van der Waals surface area contributed by atoms with Crippen LogP contribution in [0.3, 0.4) is 0 Å². The highest BCUT2D eigenvalue weighted by Gasteiger charge is 2.23. The average molecular weight is 362 g/mol. The van der Waals surface area contributed by atoms with Gasteiger partial charge in [0.2, 0.25) is 5.91 Å². The fourth-order valence-corrected chi connectivity index (χ4v) is 3.26. The minimum absolute atomic E-state index is 0.0132. The van der Waals surface area contributed by atoms with Gasteiger partial charge in [0.1, 0.15) is 6.10 Å². The molecule has 1 amide bonds. The first-order valence-corrected chi connectivity index (χ1v) is 10.0. The molecule has 3 unspecified atom stereocenters. The van der Waals surface area contributed by atoms with E-state index >= 15 is 0 Å². The van der Waals surface area contributed by atoms with Crippen molar-refractivity contribution in [1.82, 2.24) is 5.32 Å². The third-order valence-corrected chi connectivity index (χ3v) is 5.10. The van der Waals surface area contributed by atoms with Gasteiger partial charge in [-0.1, -0.05) is 52.0 Å². The molecule has 1 heterocycles. The molecular weight excluding hydrogens is 326 g/mol. The van der Waals surface area contributed by atoms with E-state index in [1.165, 1.54) is 12.0 Å². The second kappa shape index (κ2) is 10.1. The van der Waals surface area contributed by atoms with Gasteiger partial charge < -0.3 is 14.8 Å². The quantitative estimate of drug-likeness (QED) is 0.736. The maximum Gasteiger partial charge on any atom is 0.249 e. The van der Waals surface area contributed by atoms with Crippen LogP contribution in [-0.4, -0.2) is 31.3 Å². The van der Waals surface area contributed by atoms with Crippen LogP contribution in [-0.2, 0) is 14.3 Å². The summed E-state index contributed by atoms with van der Waals surface area (Å²) < 4.78 is 11.4. The highest BCUT2D eigenvalue weighted by molar-refractivity contribution is 5.80. The Kier molecular flexibility index (Phi) is 8.11. The second-order valence-electron chi connectivity index (χ2n) is 8.02. The van der Waals surface area contributed by atoms with Crippen molar-refractivity contribution < 1.29 is 14.3 Å². The average Bonchev–Trinajstić information content (AvgIpc) is 2.64. The number of nitrogens with one attached hydrogen (secondary N) is 1. The van der Waals surface area contributed by atoms with Crippen LogP contribution in [0.5, 0.6) is 0 Å². The summed E-state index contributed by atoms with van der Waals surface area (Å²) in [6.07, 6.45) is 2.97. The predicted octanol–water partition coefficient (Wildman–Crippen LogP) is 4.60. The minimum atomic E-state index is -0.475. The summed E-state index contributed by atoms with van der Waals surface area (Å²) in [4.78, 5) is 12.6. The van der Waals surface area contributed by atoms with Crippen LogP contribution in [0.15, 0.2) is 24.3 Å². The summed E-state index contributed by atoms with van der Waals surface area (Å²) >= 11 is 0.